The van der Waals surface area contributed by atoms with Crippen molar-refractivity contribution in [1.82, 2.24) is 0 Å². The van der Waals surface area contributed by atoms with Crippen LogP contribution in [0.3, 0.4) is 0 Å². The number of ketones is 2. The van der Waals surface area contributed by atoms with E-state index in [1.165, 1.54) is 0 Å². The zero-order chi connectivity index (χ0) is 23.7. The molecule has 5 rings (SSSR count). The van der Waals surface area contributed by atoms with Gasteiger partial charge in [-0.1, -0.05) is 34.1 Å². The molecule has 0 fully saturated rings. The molecule has 1 amide bonds. The second-order valence-corrected chi connectivity index (χ2v) is 9.56. The van der Waals surface area contributed by atoms with Crippen molar-refractivity contribution in [2.75, 3.05) is 11.9 Å². The Hall–Kier alpha value is -3.19. The van der Waals surface area contributed by atoms with E-state index in [9.17, 15) is 14.4 Å². The zero-order valence-corrected chi connectivity index (χ0v) is 20.2. The minimum absolute atomic E-state index is 0.00363. The summed E-state index contributed by atoms with van der Waals surface area (Å²) < 4.78 is 12.9. The largest absolute Gasteiger partial charge is 0.483 e. The summed E-state index contributed by atoms with van der Waals surface area (Å²) in [6.45, 7) is -0.202. The summed E-state index contributed by atoms with van der Waals surface area (Å²) in [7, 11) is 0. The van der Waals surface area contributed by atoms with Crippen LogP contribution < -0.4 is 10.1 Å². The summed E-state index contributed by atoms with van der Waals surface area (Å²) in [6, 6.07) is 14.6. The molecule has 1 heterocycles. The Morgan fingerprint density at radius 1 is 0.941 bits per heavy atom. The van der Waals surface area contributed by atoms with Crippen molar-refractivity contribution in [2.45, 2.75) is 44.4 Å². The fraction of sp³-hybridized carbons (Fsp3) is 0.296. The molecule has 3 aliphatic rings. The topological polar surface area (TPSA) is 81.7 Å². The third-order valence-electron chi connectivity index (χ3n) is 6.34. The van der Waals surface area contributed by atoms with Crippen LogP contribution in [0.25, 0.3) is 0 Å². The van der Waals surface area contributed by atoms with Gasteiger partial charge in [0.25, 0.3) is 5.91 Å². The predicted molar refractivity (Wildman–Crippen MR) is 130 cm³/mol. The second-order valence-electron chi connectivity index (χ2n) is 8.65. The van der Waals surface area contributed by atoms with Gasteiger partial charge in [0, 0.05) is 52.6 Å². The van der Waals surface area contributed by atoms with E-state index in [1.54, 1.807) is 18.2 Å². The van der Waals surface area contributed by atoms with Crippen molar-refractivity contribution in [3.63, 3.8) is 0 Å². The highest BCUT2D eigenvalue weighted by atomic mass is 79.9. The Morgan fingerprint density at radius 3 is 2.24 bits per heavy atom. The Kier molecular flexibility index (Phi) is 6.37. The molecule has 174 valence electrons. The first-order valence-electron chi connectivity index (χ1n) is 11.5. The average molecular weight is 522 g/mol. The van der Waals surface area contributed by atoms with Crippen LogP contribution in [0.2, 0.25) is 0 Å². The number of carbonyl (C=O) groups is 3. The number of carbonyl (C=O) groups excluding carboxylic acids is 3. The molecule has 0 atom stereocenters. The van der Waals surface area contributed by atoms with Crippen molar-refractivity contribution in [1.29, 1.82) is 0 Å². The van der Waals surface area contributed by atoms with Gasteiger partial charge in [-0.05, 0) is 43.2 Å². The van der Waals surface area contributed by atoms with Crippen molar-refractivity contribution in [3.8, 4) is 5.75 Å². The molecule has 2 aliphatic carbocycles. The average Bonchev–Trinajstić information content (AvgIpc) is 2.83. The van der Waals surface area contributed by atoms with Crippen molar-refractivity contribution in [3.05, 3.63) is 81.2 Å². The number of hydrogen-bond donors (Lipinski definition) is 1. The van der Waals surface area contributed by atoms with E-state index in [0.29, 0.717) is 65.3 Å². The smallest absolute Gasteiger partial charge is 0.262 e. The quantitative estimate of drug-likeness (QED) is 0.554. The van der Waals surface area contributed by atoms with Gasteiger partial charge >= 0.3 is 0 Å². The molecule has 0 unspecified atom stereocenters. The fourth-order valence-corrected chi connectivity index (χ4v) is 5.25. The number of hydrogen-bond acceptors (Lipinski definition) is 5. The van der Waals surface area contributed by atoms with Crippen molar-refractivity contribution >= 4 is 39.1 Å². The van der Waals surface area contributed by atoms with Crippen LogP contribution in [-0.2, 0) is 19.1 Å². The summed E-state index contributed by atoms with van der Waals surface area (Å²) >= 11 is 3.53. The molecule has 0 spiro atoms. The summed E-state index contributed by atoms with van der Waals surface area (Å²) in [5.74, 6) is 0.963. The Balaban J connectivity index is 1.50. The van der Waals surface area contributed by atoms with Crippen LogP contribution in [0.4, 0.5) is 5.69 Å². The van der Waals surface area contributed by atoms with E-state index >= 15 is 0 Å². The van der Waals surface area contributed by atoms with Gasteiger partial charge in [-0.2, -0.15) is 0 Å². The van der Waals surface area contributed by atoms with Crippen molar-refractivity contribution < 1.29 is 23.9 Å². The number of allylic oxidation sites excluding steroid dienone is 4. The van der Waals surface area contributed by atoms with Crippen LogP contribution in [0.1, 0.15) is 50.0 Å². The fourth-order valence-electron chi connectivity index (χ4n) is 4.87. The lowest BCUT2D eigenvalue weighted by molar-refractivity contribution is -0.119. The molecule has 1 N–H and O–H groups in total. The molecule has 1 aliphatic heterocycles. The standard InChI is InChI=1S/C27H24BrNO5/c28-16-12-13-21(33-15-24(32)29-17-6-2-1-3-7-17)18(14-16)25-26-19(30)8-4-10-22(26)34-23-11-5-9-20(31)27(23)25/h1-3,6-7,12-14,25H,4-5,8-11,15H2,(H,29,32). The third-order valence-corrected chi connectivity index (χ3v) is 6.83. The van der Waals surface area contributed by atoms with E-state index in [2.05, 4.69) is 21.2 Å². The number of anilines is 1. The molecule has 2 aromatic carbocycles. The van der Waals surface area contributed by atoms with Gasteiger partial charge in [0.1, 0.15) is 17.3 Å². The molecule has 2 aromatic rings. The molecular formula is C27H24BrNO5. The normalized spacial score (nSPS) is 18.3. The Morgan fingerprint density at radius 2 is 1.59 bits per heavy atom. The molecule has 6 nitrogen and oxygen atoms in total. The van der Waals surface area contributed by atoms with Crippen LogP contribution in [0, 0.1) is 0 Å². The SMILES string of the molecule is O=C(COc1ccc(Br)cc1C1C2=C(CCCC2=O)OC2=C1C(=O)CCC2)Nc1ccccc1. The molecule has 0 aromatic heterocycles. The Bertz CT molecular complexity index is 1190. The summed E-state index contributed by atoms with van der Waals surface area (Å²) in [4.78, 5) is 38.6. The van der Waals surface area contributed by atoms with Gasteiger partial charge in [-0.25, -0.2) is 0 Å². The maximum atomic E-state index is 13.1. The van der Waals surface area contributed by atoms with Gasteiger partial charge in [0.15, 0.2) is 18.2 Å². The van der Waals surface area contributed by atoms with Gasteiger partial charge in [-0.3, -0.25) is 14.4 Å². The van der Waals surface area contributed by atoms with Crippen LogP contribution in [0.15, 0.2) is 75.7 Å². The molecular weight excluding hydrogens is 498 g/mol. The number of para-hydroxylation sites is 1. The van der Waals surface area contributed by atoms with Gasteiger partial charge in [0.2, 0.25) is 0 Å². The summed E-state index contributed by atoms with van der Waals surface area (Å²) in [5, 5.41) is 2.81. The van der Waals surface area contributed by atoms with E-state index < -0.39 is 5.92 Å². The van der Waals surface area contributed by atoms with E-state index in [-0.39, 0.29) is 24.1 Å². The number of benzene rings is 2. The first-order chi connectivity index (χ1) is 16.5. The van der Waals surface area contributed by atoms with Gasteiger partial charge in [0.05, 0.1) is 5.92 Å². The van der Waals surface area contributed by atoms with E-state index in [1.807, 2.05) is 30.3 Å². The van der Waals surface area contributed by atoms with Crippen LogP contribution in [-0.4, -0.2) is 24.1 Å². The van der Waals surface area contributed by atoms with Crippen molar-refractivity contribution in [2.24, 2.45) is 0 Å². The Labute approximate surface area is 206 Å². The molecule has 0 bridgehead atoms. The highest BCUT2D eigenvalue weighted by Crippen LogP contribution is 2.50. The van der Waals surface area contributed by atoms with E-state index in [0.717, 1.165) is 17.3 Å². The highest BCUT2D eigenvalue weighted by molar-refractivity contribution is 9.10. The summed E-state index contributed by atoms with van der Waals surface area (Å²) in [5.41, 5.74) is 2.48. The minimum Gasteiger partial charge on any atom is -0.483 e. The molecule has 0 saturated heterocycles. The van der Waals surface area contributed by atoms with Gasteiger partial charge < -0.3 is 14.8 Å². The first kappa shape index (κ1) is 22.6. The molecule has 7 heteroatoms. The zero-order valence-electron chi connectivity index (χ0n) is 18.6. The second kappa shape index (κ2) is 9.58. The first-order valence-corrected chi connectivity index (χ1v) is 12.3. The molecule has 0 saturated carbocycles. The minimum atomic E-state index is -0.552. The molecule has 34 heavy (non-hydrogen) atoms. The monoisotopic (exact) mass is 521 g/mol. The number of amides is 1. The highest BCUT2D eigenvalue weighted by Gasteiger charge is 2.42. The van der Waals surface area contributed by atoms with Crippen LogP contribution >= 0.6 is 15.9 Å². The predicted octanol–water partition coefficient (Wildman–Crippen LogP) is 5.59. The lowest BCUT2D eigenvalue weighted by Gasteiger charge is -2.36. The number of halogens is 1. The van der Waals surface area contributed by atoms with Gasteiger partial charge in [-0.15, -0.1) is 0 Å². The summed E-state index contributed by atoms with van der Waals surface area (Å²) in [6.07, 6.45) is 3.68. The van der Waals surface area contributed by atoms with Crippen LogP contribution in [0.5, 0.6) is 5.75 Å². The number of Topliss-reactive ketones (excluding diaryl/α,β-unsaturated/α-hetero) is 2. The van der Waals surface area contributed by atoms with E-state index in [4.69, 9.17) is 9.47 Å². The number of rotatable bonds is 5. The lowest BCUT2D eigenvalue weighted by Crippen LogP contribution is -2.30. The molecule has 0 radical (unpaired) electrons. The maximum absolute atomic E-state index is 13.1. The number of nitrogens with one attached hydrogen (secondary N) is 1. The third kappa shape index (κ3) is 4.44. The number of ether oxygens (including phenoxy) is 2. The maximum Gasteiger partial charge on any atom is 0.262 e. The lowest BCUT2D eigenvalue weighted by atomic mass is 9.73.